The lowest BCUT2D eigenvalue weighted by atomic mass is 9.95. The Balaban J connectivity index is 1.92. The van der Waals surface area contributed by atoms with Crippen molar-refractivity contribution in [3.8, 4) is 0 Å². The van der Waals surface area contributed by atoms with E-state index in [1.165, 1.54) is 64.0 Å². The van der Waals surface area contributed by atoms with E-state index >= 15 is 0 Å². The molecule has 0 aromatic heterocycles. The summed E-state index contributed by atoms with van der Waals surface area (Å²) in [6.07, 6.45) is 14.8. The fourth-order valence-electron chi connectivity index (χ4n) is 5.23. The van der Waals surface area contributed by atoms with Gasteiger partial charge in [-0.05, 0) is 24.8 Å². The highest BCUT2D eigenvalue weighted by atomic mass is 16.5. The molecule has 3 atom stereocenters. The van der Waals surface area contributed by atoms with E-state index in [1.807, 2.05) is 25.1 Å². The van der Waals surface area contributed by atoms with Gasteiger partial charge in [0, 0.05) is 30.8 Å². The van der Waals surface area contributed by atoms with Gasteiger partial charge in [-0.25, -0.2) is 0 Å². The third kappa shape index (κ3) is 9.44. The number of methoxy groups -OCH3 is 1. The summed E-state index contributed by atoms with van der Waals surface area (Å²) in [4.78, 5) is 27.4. The van der Waals surface area contributed by atoms with Crippen molar-refractivity contribution in [3.05, 3.63) is 47.7 Å². The molecule has 196 valence electrons. The molecule has 0 unspecified atom stereocenters. The Morgan fingerprint density at radius 1 is 0.943 bits per heavy atom. The van der Waals surface area contributed by atoms with Crippen LogP contribution in [0.15, 0.2) is 42.1 Å². The maximum Gasteiger partial charge on any atom is 0.313 e. The summed E-state index contributed by atoms with van der Waals surface area (Å²) in [7, 11) is 1.36. The summed E-state index contributed by atoms with van der Waals surface area (Å²) < 4.78 is 5.00. The lowest BCUT2D eigenvalue weighted by molar-refractivity contribution is -0.149. The van der Waals surface area contributed by atoms with Gasteiger partial charge in [0.25, 0.3) is 0 Å². The van der Waals surface area contributed by atoms with E-state index in [2.05, 4.69) is 24.0 Å². The zero-order chi connectivity index (χ0) is 25.5. The molecule has 1 aromatic carbocycles. The van der Waals surface area contributed by atoms with Crippen LogP contribution < -0.4 is 0 Å². The molecule has 0 aliphatic carbocycles. The minimum Gasteiger partial charge on any atom is -0.469 e. The number of ether oxygens (including phenoxy) is 1. The van der Waals surface area contributed by atoms with Crippen molar-refractivity contribution in [2.75, 3.05) is 13.7 Å². The van der Waals surface area contributed by atoms with Crippen LogP contribution in [0, 0.1) is 5.92 Å². The quantitative estimate of drug-likeness (QED) is 0.161. The number of rotatable bonds is 17. The van der Waals surface area contributed by atoms with Crippen LogP contribution in [0.1, 0.15) is 96.5 Å². The first kappa shape index (κ1) is 29.1. The Bertz CT molecular complexity index is 776. The molecule has 0 radical (unpaired) electrons. The summed E-state index contributed by atoms with van der Waals surface area (Å²) in [5.41, 5.74) is 1.76. The number of aliphatic hydroxyl groups excluding tert-OH is 1. The van der Waals surface area contributed by atoms with Gasteiger partial charge in [0.15, 0.2) is 5.78 Å². The second-order valence-corrected chi connectivity index (χ2v) is 9.87. The smallest absolute Gasteiger partial charge is 0.313 e. The van der Waals surface area contributed by atoms with E-state index in [0.29, 0.717) is 25.1 Å². The first-order valence-electron chi connectivity index (χ1n) is 13.8. The van der Waals surface area contributed by atoms with Crippen LogP contribution in [0.3, 0.4) is 0 Å². The topological polar surface area (TPSA) is 66.8 Å². The van der Waals surface area contributed by atoms with E-state index in [4.69, 9.17) is 4.74 Å². The maximum absolute atomic E-state index is 12.8. The van der Waals surface area contributed by atoms with E-state index in [-0.39, 0.29) is 11.8 Å². The second-order valence-electron chi connectivity index (χ2n) is 9.87. The van der Waals surface area contributed by atoms with Gasteiger partial charge in [0.1, 0.15) is 12.0 Å². The zero-order valence-corrected chi connectivity index (χ0v) is 22.2. The monoisotopic (exact) mass is 485 g/mol. The molecule has 2 rings (SSSR count). The molecule has 0 bridgehead atoms. The highest BCUT2D eigenvalue weighted by Gasteiger charge is 2.48. The fourth-order valence-corrected chi connectivity index (χ4v) is 5.23. The largest absolute Gasteiger partial charge is 0.469 e. The van der Waals surface area contributed by atoms with Gasteiger partial charge in [0.2, 0.25) is 0 Å². The lowest BCUT2D eigenvalue weighted by Crippen LogP contribution is -2.37. The number of ketones is 1. The van der Waals surface area contributed by atoms with Crippen molar-refractivity contribution < 1.29 is 19.4 Å². The van der Waals surface area contributed by atoms with Gasteiger partial charge >= 0.3 is 5.97 Å². The Kier molecular flexibility index (Phi) is 13.7. The highest BCUT2D eigenvalue weighted by Crippen LogP contribution is 2.36. The van der Waals surface area contributed by atoms with Crippen LogP contribution in [0.25, 0.3) is 0 Å². The van der Waals surface area contributed by atoms with Crippen LogP contribution in [0.4, 0.5) is 0 Å². The van der Waals surface area contributed by atoms with Crippen LogP contribution >= 0.6 is 0 Å². The highest BCUT2D eigenvalue weighted by molar-refractivity contribution is 5.90. The number of hydrogen-bond donors (Lipinski definition) is 1. The lowest BCUT2D eigenvalue weighted by Gasteiger charge is -2.28. The molecule has 1 aliphatic rings. The van der Waals surface area contributed by atoms with Crippen LogP contribution in [0.5, 0.6) is 0 Å². The minimum atomic E-state index is -1.01. The molecular formula is C30H47NO4. The number of carbonyl (C=O) groups excluding carboxylic acids is 2. The standard InChI is InChI=1S/C30H47NO4/c1-4-6-7-8-9-10-11-12-13-17-20-25(32)23-27-29(33)28(30(34)35-3)26(5-2)31(27)22-21-24-18-15-14-16-19-24/h14-16,18-19,23,26,28-29,33H,4-13,17,20-22H2,1-3H3/b27-23+/t26-,28-,29-/m0/s1. The van der Waals surface area contributed by atoms with Crippen molar-refractivity contribution in [1.29, 1.82) is 0 Å². The first-order valence-corrected chi connectivity index (χ1v) is 13.8. The molecule has 0 amide bonds. The average Bonchev–Trinajstić information content (AvgIpc) is 3.14. The average molecular weight is 486 g/mol. The van der Waals surface area contributed by atoms with Gasteiger partial charge in [-0.3, -0.25) is 9.59 Å². The van der Waals surface area contributed by atoms with E-state index in [1.54, 1.807) is 6.08 Å². The SMILES string of the molecule is CCCCCCCCCCCCC(=O)/C=C1\[C@H](O)[C@@H](C(=O)OC)[C@H](CC)N1CCc1ccccc1. The molecule has 1 aromatic rings. The summed E-state index contributed by atoms with van der Waals surface area (Å²) in [5, 5.41) is 11.1. The molecule has 0 saturated carbocycles. The molecule has 35 heavy (non-hydrogen) atoms. The molecule has 1 saturated heterocycles. The van der Waals surface area contributed by atoms with Crippen molar-refractivity contribution in [2.45, 2.75) is 109 Å². The fraction of sp³-hybridized carbons (Fsp3) is 0.667. The number of unbranched alkanes of at least 4 members (excludes halogenated alkanes) is 9. The molecule has 1 aliphatic heterocycles. The van der Waals surface area contributed by atoms with Crippen LogP contribution in [-0.4, -0.2) is 47.6 Å². The van der Waals surface area contributed by atoms with E-state index in [0.717, 1.165) is 19.3 Å². The Labute approximate surface area is 212 Å². The number of likely N-dealkylation sites (tertiary alicyclic amines) is 1. The number of benzene rings is 1. The number of nitrogens with zero attached hydrogens (tertiary/aromatic N) is 1. The van der Waals surface area contributed by atoms with Gasteiger partial charge in [-0.1, -0.05) is 102 Å². The van der Waals surface area contributed by atoms with Gasteiger partial charge in [-0.2, -0.15) is 0 Å². The zero-order valence-electron chi connectivity index (χ0n) is 22.2. The summed E-state index contributed by atoms with van der Waals surface area (Å²) in [6, 6.07) is 9.97. The van der Waals surface area contributed by atoms with Crippen molar-refractivity contribution in [1.82, 2.24) is 4.90 Å². The predicted molar refractivity (Wildman–Crippen MR) is 142 cm³/mol. The first-order chi connectivity index (χ1) is 17.0. The number of esters is 1. The molecule has 5 heteroatoms. The molecule has 1 heterocycles. The predicted octanol–water partition coefficient (Wildman–Crippen LogP) is 6.24. The molecule has 5 nitrogen and oxygen atoms in total. The molecule has 1 fully saturated rings. The third-order valence-electron chi connectivity index (χ3n) is 7.25. The summed E-state index contributed by atoms with van der Waals surface area (Å²) in [6.45, 7) is 4.90. The molecule has 0 spiro atoms. The third-order valence-corrected chi connectivity index (χ3v) is 7.25. The van der Waals surface area contributed by atoms with Crippen molar-refractivity contribution in [2.24, 2.45) is 5.92 Å². The Morgan fingerprint density at radius 3 is 2.11 bits per heavy atom. The summed E-state index contributed by atoms with van der Waals surface area (Å²) >= 11 is 0. The Hall–Kier alpha value is -2.14. The molecular weight excluding hydrogens is 438 g/mol. The van der Waals surface area contributed by atoms with Gasteiger partial charge < -0.3 is 14.7 Å². The van der Waals surface area contributed by atoms with Crippen molar-refractivity contribution >= 4 is 11.8 Å². The maximum atomic E-state index is 12.8. The van der Waals surface area contributed by atoms with Crippen molar-refractivity contribution in [3.63, 3.8) is 0 Å². The van der Waals surface area contributed by atoms with Crippen LogP contribution in [0.2, 0.25) is 0 Å². The van der Waals surface area contributed by atoms with E-state index < -0.39 is 18.0 Å². The number of carbonyl (C=O) groups is 2. The number of hydrogen-bond acceptors (Lipinski definition) is 5. The number of allylic oxidation sites excluding steroid dienone is 1. The van der Waals surface area contributed by atoms with Gasteiger partial charge in [-0.15, -0.1) is 0 Å². The van der Waals surface area contributed by atoms with Gasteiger partial charge in [0.05, 0.1) is 7.11 Å². The van der Waals surface area contributed by atoms with Crippen LogP contribution in [-0.2, 0) is 20.7 Å². The second kappa shape index (κ2) is 16.5. The Morgan fingerprint density at radius 2 is 1.54 bits per heavy atom. The minimum absolute atomic E-state index is 0.0312. The number of aliphatic hydroxyl groups is 1. The summed E-state index contributed by atoms with van der Waals surface area (Å²) in [5.74, 6) is -1.06. The normalized spacial score (nSPS) is 21.0. The molecule has 1 N–H and O–H groups in total. The van der Waals surface area contributed by atoms with E-state index in [9.17, 15) is 14.7 Å².